The van der Waals surface area contributed by atoms with Gasteiger partial charge in [0.25, 0.3) is 0 Å². The Morgan fingerprint density at radius 3 is 2.41 bits per heavy atom. The largest absolute Gasteiger partial charge is 0.383 e. The van der Waals surface area contributed by atoms with Crippen LogP contribution in [0.15, 0.2) is 18.2 Å². The highest BCUT2D eigenvalue weighted by molar-refractivity contribution is 5.33. The first-order valence-corrected chi connectivity index (χ1v) is 6.50. The van der Waals surface area contributed by atoms with E-state index in [9.17, 15) is 0 Å². The van der Waals surface area contributed by atoms with E-state index < -0.39 is 0 Å². The third-order valence-corrected chi connectivity index (χ3v) is 3.16. The van der Waals surface area contributed by atoms with Gasteiger partial charge in [0.2, 0.25) is 0 Å². The zero-order valence-electron chi connectivity index (χ0n) is 11.4. The third-order valence-electron chi connectivity index (χ3n) is 3.16. The summed E-state index contributed by atoms with van der Waals surface area (Å²) in [6.45, 7) is 7.27. The molecule has 0 heterocycles. The molecule has 2 nitrogen and oxygen atoms in total. The lowest BCUT2D eigenvalue weighted by Crippen LogP contribution is -2.20. The summed E-state index contributed by atoms with van der Waals surface area (Å²) in [7, 11) is 1.74. The van der Waals surface area contributed by atoms with Crippen LogP contribution in [0.5, 0.6) is 0 Å². The smallest absolute Gasteiger partial charge is 0.0587 e. The third kappa shape index (κ3) is 5.33. The Morgan fingerprint density at radius 2 is 1.76 bits per heavy atom. The molecule has 0 spiro atoms. The van der Waals surface area contributed by atoms with Gasteiger partial charge < -0.3 is 10.1 Å². The van der Waals surface area contributed by atoms with Gasteiger partial charge in [-0.2, -0.15) is 0 Å². The van der Waals surface area contributed by atoms with Crippen molar-refractivity contribution in [2.24, 2.45) is 0 Å². The van der Waals surface area contributed by atoms with Gasteiger partial charge >= 0.3 is 0 Å². The van der Waals surface area contributed by atoms with Crippen LogP contribution < -0.4 is 5.32 Å². The Balaban J connectivity index is 2.18. The number of unbranched alkanes of at least 4 members (excludes halogenated alkanes) is 1. The lowest BCUT2D eigenvalue weighted by atomic mass is 9.98. The first-order valence-electron chi connectivity index (χ1n) is 6.50. The van der Waals surface area contributed by atoms with Crippen molar-refractivity contribution >= 4 is 0 Å². The molecule has 0 unspecified atom stereocenters. The Bertz CT molecular complexity index is 302. The molecule has 17 heavy (non-hydrogen) atoms. The maximum atomic E-state index is 4.99. The van der Waals surface area contributed by atoms with Crippen molar-refractivity contribution in [3.05, 3.63) is 34.9 Å². The molecule has 1 aromatic rings. The number of aryl methyl sites for hydroxylation is 2. The van der Waals surface area contributed by atoms with Gasteiger partial charge in [0.05, 0.1) is 6.61 Å². The summed E-state index contributed by atoms with van der Waals surface area (Å²) in [6.07, 6.45) is 3.69. The van der Waals surface area contributed by atoms with Crippen molar-refractivity contribution in [1.82, 2.24) is 5.32 Å². The predicted octanol–water partition coefficient (Wildman–Crippen LogP) is 2.86. The van der Waals surface area contributed by atoms with Gasteiger partial charge in [-0.05, 0) is 56.3 Å². The molecule has 0 atom stereocenters. The van der Waals surface area contributed by atoms with Crippen molar-refractivity contribution in [3.8, 4) is 0 Å². The average Bonchev–Trinajstić information content (AvgIpc) is 2.31. The van der Waals surface area contributed by atoms with E-state index in [0.29, 0.717) is 0 Å². The maximum Gasteiger partial charge on any atom is 0.0587 e. The Kier molecular flexibility index (Phi) is 6.90. The van der Waals surface area contributed by atoms with Crippen LogP contribution >= 0.6 is 0 Å². The molecule has 0 saturated heterocycles. The number of methoxy groups -OCH3 is 1. The fraction of sp³-hybridized carbons (Fsp3) is 0.600. The minimum Gasteiger partial charge on any atom is -0.383 e. The summed E-state index contributed by atoms with van der Waals surface area (Å²) in [5.74, 6) is 0. The molecule has 1 aromatic carbocycles. The summed E-state index contributed by atoms with van der Waals surface area (Å²) in [5.41, 5.74) is 4.39. The number of benzene rings is 1. The van der Waals surface area contributed by atoms with Crippen LogP contribution in [0.3, 0.4) is 0 Å². The quantitative estimate of drug-likeness (QED) is 0.700. The van der Waals surface area contributed by atoms with Gasteiger partial charge in [-0.1, -0.05) is 18.2 Å². The second kappa shape index (κ2) is 8.26. The van der Waals surface area contributed by atoms with Gasteiger partial charge in [-0.15, -0.1) is 0 Å². The zero-order chi connectivity index (χ0) is 12.5. The fourth-order valence-electron chi connectivity index (χ4n) is 2.09. The monoisotopic (exact) mass is 235 g/mol. The predicted molar refractivity (Wildman–Crippen MR) is 73.6 cm³/mol. The number of rotatable bonds is 8. The second-order valence-electron chi connectivity index (χ2n) is 4.57. The van der Waals surface area contributed by atoms with Crippen LogP contribution in [-0.4, -0.2) is 26.8 Å². The molecule has 1 N–H and O–H groups in total. The van der Waals surface area contributed by atoms with E-state index in [0.717, 1.165) is 19.7 Å². The summed E-state index contributed by atoms with van der Waals surface area (Å²) < 4.78 is 4.99. The fourth-order valence-corrected chi connectivity index (χ4v) is 2.09. The lowest BCUT2D eigenvalue weighted by Gasteiger charge is -2.09. The van der Waals surface area contributed by atoms with Crippen molar-refractivity contribution in [3.63, 3.8) is 0 Å². The summed E-state index contributed by atoms with van der Waals surface area (Å²) in [5, 5.41) is 3.38. The van der Waals surface area contributed by atoms with Crippen molar-refractivity contribution in [2.45, 2.75) is 33.1 Å². The van der Waals surface area contributed by atoms with Crippen molar-refractivity contribution < 1.29 is 4.74 Å². The molecular formula is C15H25NO. The van der Waals surface area contributed by atoms with Crippen LogP contribution in [0.25, 0.3) is 0 Å². The number of ether oxygens (including phenoxy) is 1. The summed E-state index contributed by atoms with van der Waals surface area (Å²) >= 11 is 0. The molecule has 0 aromatic heterocycles. The molecule has 0 amide bonds. The van der Waals surface area contributed by atoms with Crippen molar-refractivity contribution in [1.29, 1.82) is 0 Å². The molecule has 0 bridgehead atoms. The zero-order valence-corrected chi connectivity index (χ0v) is 11.4. The normalized spacial score (nSPS) is 10.8. The Hall–Kier alpha value is -0.860. The van der Waals surface area contributed by atoms with E-state index in [4.69, 9.17) is 4.74 Å². The molecular weight excluding hydrogens is 210 g/mol. The summed E-state index contributed by atoms with van der Waals surface area (Å²) in [6, 6.07) is 6.55. The van der Waals surface area contributed by atoms with Gasteiger partial charge in [0.15, 0.2) is 0 Å². The number of hydrogen-bond donors (Lipinski definition) is 1. The molecule has 1 rings (SSSR count). The van der Waals surface area contributed by atoms with E-state index in [1.54, 1.807) is 7.11 Å². The van der Waals surface area contributed by atoms with Crippen LogP contribution in [0.2, 0.25) is 0 Å². The van der Waals surface area contributed by atoms with E-state index in [-0.39, 0.29) is 0 Å². The van der Waals surface area contributed by atoms with Crippen LogP contribution in [0.4, 0.5) is 0 Å². The van der Waals surface area contributed by atoms with E-state index >= 15 is 0 Å². The van der Waals surface area contributed by atoms with Crippen LogP contribution in [0.1, 0.15) is 29.5 Å². The summed E-state index contributed by atoms with van der Waals surface area (Å²) in [4.78, 5) is 0. The Labute approximate surface area is 105 Å². The maximum absolute atomic E-state index is 4.99. The van der Waals surface area contributed by atoms with Gasteiger partial charge in [0, 0.05) is 13.7 Å². The minimum atomic E-state index is 0.802. The lowest BCUT2D eigenvalue weighted by molar-refractivity contribution is 0.199. The molecule has 0 aliphatic heterocycles. The molecule has 0 aliphatic carbocycles. The van der Waals surface area contributed by atoms with E-state index in [1.165, 1.54) is 36.0 Å². The van der Waals surface area contributed by atoms with E-state index in [1.807, 2.05) is 0 Å². The number of hydrogen-bond acceptors (Lipinski definition) is 2. The van der Waals surface area contributed by atoms with Crippen LogP contribution in [0, 0.1) is 13.8 Å². The number of nitrogens with one attached hydrogen (secondary N) is 1. The van der Waals surface area contributed by atoms with Gasteiger partial charge in [0.1, 0.15) is 0 Å². The van der Waals surface area contributed by atoms with E-state index in [2.05, 4.69) is 37.4 Å². The highest BCUT2D eigenvalue weighted by Crippen LogP contribution is 2.15. The van der Waals surface area contributed by atoms with Gasteiger partial charge in [-0.3, -0.25) is 0 Å². The minimum absolute atomic E-state index is 0.802. The highest BCUT2D eigenvalue weighted by Gasteiger charge is 2.01. The van der Waals surface area contributed by atoms with Gasteiger partial charge in [-0.25, -0.2) is 0 Å². The molecule has 0 fully saturated rings. The van der Waals surface area contributed by atoms with Crippen molar-refractivity contribution in [2.75, 3.05) is 26.8 Å². The average molecular weight is 235 g/mol. The highest BCUT2D eigenvalue weighted by atomic mass is 16.5. The Morgan fingerprint density at radius 1 is 1.06 bits per heavy atom. The first kappa shape index (κ1) is 14.2. The topological polar surface area (TPSA) is 21.3 Å². The SMILES string of the molecule is COCCNCCCCc1c(C)cccc1C. The molecule has 0 aliphatic rings. The molecule has 2 heteroatoms. The molecule has 96 valence electrons. The second-order valence-corrected chi connectivity index (χ2v) is 4.57. The van der Waals surface area contributed by atoms with Crippen LogP contribution in [-0.2, 0) is 11.2 Å². The standard InChI is InChI=1S/C15H25NO/c1-13-7-6-8-14(2)15(13)9-4-5-10-16-11-12-17-3/h6-8,16H,4-5,9-12H2,1-3H3. The first-order chi connectivity index (χ1) is 8.25. The molecule has 0 saturated carbocycles. The molecule has 0 radical (unpaired) electrons.